The third kappa shape index (κ3) is 6.92. The molecule has 1 aliphatic carbocycles. The smallest absolute Gasteiger partial charge is 0.310 e. The molecule has 2 N–H and O–H groups in total. The molecule has 2 aliphatic rings. The van der Waals surface area contributed by atoms with Crippen LogP contribution in [0.5, 0.6) is 0 Å². The average Bonchev–Trinajstić information content (AvgIpc) is 2.87. The van der Waals surface area contributed by atoms with E-state index < -0.39 is 56.1 Å². The SMILES string of the molecule is COC(=O)[C@@H]1CCCC[C@@H]1N(Cc1ccc(F)cc1)C(=O)CC1=NS(=O)(=O)c2cc(NS(C)(=O)=O)ccc2N1. The largest absolute Gasteiger partial charge is 0.469 e. The number of amides is 1. The first-order valence-electron chi connectivity index (χ1n) is 12.2. The molecular weight excluding hydrogens is 551 g/mol. The van der Waals surface area contributed by atoms with E-state index in [1.54, 1.807) is 12.1 Å². The van der Waals surface area contributed by atoms with E-state index in [9.17, 15) is 30.8 Å². The van der Waals surface area contributed by atoms with Crippen LogP contribution < -0.4 is 10.0 Å². The summed E-state index contributed by atoms with van der Waals surface area (Å²) in [7, 11) is -6.60. The van der Waals surface area contributed by atoms with Gasteiger partial charge in [0.15, 0.2) is 0 Å². The van der Waals surface area contributed by atoms with Crippen molar-refractivity contribution in [1.29, 1.82) is 0 Å². The lowest BCUT2D eigenvalue weighted by molar-refractivity contribution is -0.151. The molecule has 2 aromatic carbocycles. The highest BCUT2D eigenvalue weighted by Crippen LogP contribution is 2.33. The summed E-state index contributed by atoms with van der Waals surface area (Å²) in [5.41, 5.74) is 0.830. The number of rotatable bonds is 8. The summed E-state index contributed by atoms with van der Waals surface area (Å²) < 4.78 is 73.4. The van der Waals surface area contributed by atoms with Crippen molar-refractivity contribution in [2.45, 2.75) is 49.6 Å². The zero-order chi connectivity index (χ0) is 28.4. The molecular formula is C25H29FN4O7S2. The number of halogens is 1. The first-order valence-corrected chi connectivity index (χ1v) is 15.5. The predicted molar refractivity (Wildman–Crippen MR) is 142 cm³/mol. The van der Waals surface area contributed by atoms with Crippen molar-refractivity contribution in [3.8, 4) is 0 Å². The van der Waals surface area contributed by atoms with Crippen LogP contribution >= 0.6 is 0 Å². The molecule has 39 heavy (non-hydrogen) atoms. The van der Waals surface area contributed by atoms with Gasteiger partial charge in [-0.1, -0.05) is 25.0 Å². The average molecular weight is 581 g/mol. The van der Waals surface area contributed by atoms with Crippen molar-refractivity contribution in [3.05, 3.63) is 53.8 Å². The third-order valence-electron chi connectivity index (χ3n) is 6.61. The second-order valence-electron chi connectivity index (χ2n) is 9.53. The monoisotopic (exact) mass is 580 g/mol. The number of hydrogen-bond donors (Lipinski definition) is 2. The minimum atomic E-state index is -4.25. The molecule has 1 aliphatic heterocycles. The molecule has 4 rings (SSSR count). The second-order valence-corrected chi connectivity index (χ2v) is 12.9. The number of amidine groups is 1. The van der Waals surface area contributed by atoms with Crippen LogP contribution in [0.3, 0.4) is 0 Å². The van der Waals surface area contributed by atoms with Crippen LogP contribution in [0.15, 0.2) is 51.8 Å². The summed E-state index contributed by atoms with van der Waals surface area (Å²) in [5, 5.41) is 2.85. The Morgan fingerprint density at radius 3 is 2.51 bits per heavy atom. The lowest BCUT2D eigenvalue weighted by Crippen LogP contribution is -2.49. The summed E-state index contributed by atoms with van der Waals surface area (Å²) in [5.74, 6) is -2.01. The summed E-state index contributed by atoms with van der Waals surface area (Å²) in [6.07, 6.45) is 3.20. The molecule has 1 saturated carbocycles. The van der Waals surface area contributed by atoms with Crippen LogP contribution in [-0.2, 0) is 40.9 Å². The Kier molecular flexibility index (Phi) is 8.25. The molecule has 0 saturated heterocycles. The highest BCUT2D eigenvalue weighted by Gasteiger charge is 2.38. The van der Waals surface area contributed by atoms with Gasteiger partial charge in [0.05, 0.1) is 31.4 Å². The van der Waals surface area contributed by atoms with E-state index in [-0.39, 0.29) is 28.7 Å². The minimum Gasteiger partial charge on any atom is -0.469 e. The van der Waals surface area contributed by atoms with Crippen LogP contribution in [0, 0.1) is 11.7 Å². The molecule has 14 heteroatoms. The van der Waals surface area contributed by atoms with Crippen molar-refractivity contribution < 1.29 is 35.6 Å². The molecule has 1 fully saturated rings. The predicted octanol–water partition coefficient (Wildman–Crippen LogP) is 2.86. The Balaban J connectivity index is 1.62. The van der Waals surface area contributed by atoms with E-state index in [1.807, 2.05) is 0 Å². The van der Waals surface area contributed by atoms with E-state index in [4.69, 9.17) is 4.74 Å². The van der Waals surface area contributed by atoms with Gasteiger partial charge in [-0.2, -0.15) is 8.42 Å². The molecule has 1 amide bonds. The molecule has 0 spiro atoms. The molecule has 0 bridgehead atoms. The summed E-state index contributed by atoms with van der Waals surface area (Å²) in [4.78, 5) is 27.5. The molecule has 0 radical (unpaired) electrons. The van der Waals surface area contributed by atoms with Gasteiger partial charge in [0.1, 0.15) is 16.5 Å². The van der Waals surface area contributed by atoms with E-state index in [0.717, 1.165) is 25.2 Å². The van der Waals surface area contributed by atoms with Crippen LogP contribution in [0.1, 0.15) is 37.7 Å². The zero-order valence-corrected chi connectivity index (χ0v) is 23.0. The van der Waals surface area contributed by atoms with E-state index >= 15 is 0 Å². The maximum atomic E-state index is 13.7. The van der Waals surface area contributed by atoms with Crippen LogP contribution in [0.25, 0.3) is 0 Å². The molecule has 1 heterocycles. The number of benzene rings is 2. The quantitative estimate of drug-likeness (QED) is 0.453. The number of sulfonamides is 2. The van der Waals surface area contributed by atoms with Crippen LogP contribution in [0.4, 0.5) is 15.8 Å². The van der Waals surface area contributed by atoms with Crippen molar-refractivity contribution in [1.82, 2.24) is 4.90 Å². The van der Waals surface area contributed by atoms with Crippen molar-refractivity contribution in [3.63, 3.8) is 0 Å². The van der Waals surface area contributed by atoms with E-state index in [0.29, 0.717) is 18.4 Å². The topological polar surface area (TPSA) is 151 Å². The van der Waals surface area contributed by atoms with Gasteiger partial charge in [0, 0.05) is 18.3 Å². The summed E-state index contributed by atoms with van der Waals surface area (Å²) in [6, 6.07) is 9.06. The van der Waals surface area contributed by atoms with Crippen LogP contribution in [0.2, 0.25) is 0 Å². The molecule has 11 nitrogen and oxygen atoms in total. The van der Waals surface area contributed by atoms with Gasteiger partial charge < -0.3 is 15.0 Å². The third-order valence-corrected chi connectivity index (χ3v) is 8.57. The lowest BCUT2D eigenvalue weighted by atomic mass is 9.83. The Morgan fingerprint density at radius 2 is 1.85 bits per heavy atom. The fourth-order valence-corrected chi connectivity index (χ4v) is 6.62. The van der Waals surface area contributed by atoms with Crippen molar-refractivity contribution in [2.24, 2.45) is 10.3 Å². The zero-order valence-electron chi connectivity index (χ0n) is 21.4. The van der Waals surface area contributed by atoms with E-state index in [2.05, 4.69) is 14.4 Å². The standard InChI is InChI=1S/C25H29FN4O7S2/c1-37-25(32)19-5-3-4-6-21(19)30(15-16-7-9-17(26)10-8-16)24(31)14-23-27-20-12-11-18(28-38(2,33)34)13-22(20)39(35,36)29-23/h7-13,19,21,28H,3-6,14-15H2,1-2H3,(H,27,29)/t19-,21+/m1/s1. The Morgan fingerprint density at radius 1 is 1.15 bits per heavy atom. The van der Waals surface area contributed by atoms with Crippen molar-refractivity contribution >= 4 is 49.1 Å². The first-order chi connectivity index (χ1) is 18.4. The maximum absolute atomic E-state index is 13.7. The number of nitrogens with zero attached hydrogens (tertiary/aromatic N) is 2. The summed E-state index contributed by atoms with van der Waals surface area (Å²) >= 11 is 0. The number of anilines is 2. The molecule has 2 aromatic rings. The van der Waals surface area contributed by atoms with E-state index in [1.165, 1.54) is 36.3 Å². The lowest BCUT2D eigenvalue weighted by Gasteiger charge is -2.39. The number of carbonyl (C=O) groups excluding carboxylic acids is 2. The Bertz CT molecular complexity index is 1510. The van der Waals surface area contributed by atoms with Gasteiger partial charge in [-0.05, 0) is 48.7 Å². The number of fused-ring (bicyclic) bond motifs is 1. The number of ether oxygens (including phenoxy) is 1. The number of nitrogens with one attached hydrogen (secondary N) is 2. The number of hydrogen-bond acceptors (Lipinski definition) is 8. The van der Waals surface area contributed by atoms with Gasteiger partial charge in [-0.15, -0.1) is 4.40 Å². The van der Waals surface area contributed by atoms with Gasteiger partial charge >= 0.3 is 5.97 Å². The number of methoxy groups -OCH3 is 1. The molecule has 2 atom stereocenters. The Hall–Kier alpha value is -3.52. The first kappa shape index (κ1) is 28.5. The molecule has 210 valence electrons. The van der Waals surface area contributed by atoms with Gasteiger partial charge in [0.25, 0.3) is 10.0 Å². The molecule has 0 aromatic heterocycles. The second kappa shape index (κ2) is 11.3. The van der Waals surface area contributed by atoms with Crippen LogP contribution in [-0.4, -0.2) is 58.9 Å². The fraction of sp³-hybridized carbons (Fsp3) is 0.400. The van der Waals surface area contributed by atoms with Gasteiger partial charge in [0.2, 0.25) is 15.9 Å². The highest BCUT2D eigenvalue weighted by molar-refractivity contribution is 7.92. The maximum Gasteiger partial charge on any atom is 0.310 e. The minimum absolute atomic E-state index is 0.0491. The Labute approximate surface area is 226 Å². The number of carbonyl (C=O) groups is 2. The van der Waals surface area contributed by atoms with Gasteiger partial charge in [-0.25, -0.2) is 12.8 Å². The normalized spacial score (nSPS) is 20.1. The summed E-state index contributed by atoms with van der Waals surface area (Å²) in [6.45, 7) is 0.0778. The van der Waals surface area contributed by atoms with Gasteiger partial charge in [-0.3, -0.25) is 14.3 Å². The molecule has 0 unspecified atom stereocenters. The number of esters is 1. The highest BCUT2D eigenvalue weighted by atomic mass is 32.2. The fourth-order valence-electron chi connectivity index (χ4n) is 4.90. The van der Waals surface area contributed by atoms with Crippen molar-refractivity contribution in [2.75, 3.05) is 23.4 Å².